The van der Waals surface area contributed by atoms with Crippen molar-refractivity contribution >= 4 is 46.3 Å². The van der Waals surface area contributed by atoms with Gasteiger partial charge in [0.15, 0.2) is 5.82 Å². The quantitative estimate of drug-likeness (QED) is 0.368. The summed E-state index contributed by atoms with van der Waals surface area (Å²) in [6.07, 6.45) is 2.98. The number of hydrogen-bond donors (Lipinski definition) is 3. The molecule has 11 heteroatoms. The molecule has 0 aliphatic rings. The Labute approximate surface area is 197 Å². The Bertz CT molecular complexity index is 1330. The highest BCUT2D eigenvalue weighted by molar-refractivity contribution is 7.19. The number of halogens is 2. The van der Waals surface area contributed by atoms with Crippen LogP contribution in [0.4, 0.5) is 5.82 Å². The van der Waals surface area contributed by atoms with Gasteiger partial charge in [0, 0.05) is 27.4 Å². The molecular formula is C21H15Cl2N7OS. The fraction of sp³-hybridized carbons (Fsp3) is 0.0952. The van der Waals surface area contributed by atoms with Crippen molar-refractivity contribution in [1.29, 1.82) is 5.26 Å². The van der Waals surface area contributed by atoms with Crippen LogP contribution in [0.25, 0.3) is 32.3 Å². The van der Waals surface area contributed by atoms with Crippen molar-refractivity contribution < 1.29 is 4.79 Å². The summed E-state index contributed by atoms with van der Waals surface area (Å²) in [6.45, 7) is 0.156. The van der Waals surface area contributed by atoms with E-state index in [1.165, 1.54) is 17.7 Å². The summed E-state index contributed by atoms with van der Waals surface area (Å²) in [5.41, 5.74) is 2.42. The Balaban J connectivity index is 1.90. The smallest absolute Gasteiger partial charge is 0.239 e. The lowest BCUT2D eigenvalue weighted by atomic mass is 9.98. The van der Waals surface area contributed by atoms with E-state index in [0.717, 1.165) is 5.56 Å². The molecule has 0 aliphatic carbocycles. The molecule has 1 aromatic carbocycles. The number of hydrogen-bond acceptors (Lipinski definition) is 7. The van der Waals surface area contributed by atoms with Crippen molar-refractivity contribution in [3.05, 3.63) is 58.5 Å². The van der Waals surface area contributed by atoms with Crippen molar-refractivity contribution in [3.63, 3.8) is 0 Å². The van der Waals surface area contributed by atoms with Crippen LogP contribution in [-0.4, -0.2) is 39.7 Å². The molecule has 3 N–H and O–H groups in total. The Hall–Kier alpha value is -3.29. The van der Waals surface area contributed by atoms with E-state index in [2.05, 4.69) is 36.9 Å². The van der Waals surface area contributed by atoms with Crippen LogP contribution >= 0.6 is 34.5 Å². The maximum absolute atomic E-state index is 11.9. The molecule has 0 bridgehead atoms. The van der Waals surface area contributed by atoms with E-state index in [1.54, 1.807) is 43.6 Å². The topological polar surface area (TPSA) is 119 Å². The van der Waals surface area contributed by atoms with Gasteiger partial charge in [-0.25, -0.2) is 9.97 Å². The number of H-pyrrole nitrogens is 1. The fourth-order valence-corrected chi connectivity index (χ4v) is 4.87. The summed E-state index contributed by atoms with van der Waals surface area (Å²) in [5, 5.41) is 23.3. The molecule has 0 spiro atoms. The van der Waals surface area contributed by atoms with Crippen molar-refractivity contribution in [2.45, 2.75) is 0 Å². The third-order valence-corrected chi connectivity index (χ3v) is 6.27. The van der Waals surface area contributed by atoms with Crippen LogP contribution in [0.5, 0.6) is 0 Å². The van der Waals surface area contributed by atoms with Crippen LogP contribution in [0.3, 0.4) is 0 Å². The van der Waals surface area contributed by atoms with Crippen molar-refractivity contribution in [2.75, 3.05) is 18.9 Å². The number of anilines is 1. The van der Waals surface area contributed by atoms with E-state index in [-0.39, 0.29) is 12.5 Å². The largest absolute Gasteiger partial charge is 0.311 e. The van der Waals surface area contributed by atoms with Crippen LogP contribution in [-0.2, 0) is 4.79 Å². The molecule has 0 aliphatic heterocycles. The van der Waals surface area contributed by atoms with Crippen LogP contribution in [0, 0.1) is 11.3 Å². The van der Waals surface area contributed by atoms with Gasteiger partial charge in [-0.15, -0.1) is 11.3 Å². The molecule has 0 atom stereocenters. The van der Waals surface area contributed by atoms with Gasteiger partial charge >= 0.3 is 0 Å². The Morgan fingerprint density at radius 3 is 2.75 bits per heavy atom. The molecule has 0 radical (unpaired) electrons. The fourth-order valence-electron chi connectivity index (χ4n) is 3.16. The van der Waals surface area contributed by atoms with Gasteiger partial charge in [0.2, 0.25) is 5.91 Å². The third kappa shape index (κ3) is 4.35. The predicted octanol–water partition coefficient (Wildman–Crippen LogP) is 4.60. The summed E-state index contributed by atoms with van der Waals surface area (Å²) in [5.74, 6) is 0.669. The van der Waals surface area contributed by atoms with Gasteiger partial charge in [-0.1, -0.05) is 29.3 Å². The lowest BCUT2D eigenvalue weighted by Gasteiger charge is -2.07. The van der Waals surface area contributed by atoms with E-state index in [1.807, 2.05) is 0 Å². The normalized spacial score (nSPS) is 10.7. The number of amides is 1. The SMILES string of the molecule is CNCC(=O)Nc1cc(-c2sc(-c3ncn[nH]3)c(-c3ccc(Cl)cc3Cl)c2C#N)ccn1. The second kappa shape index (κ2) is 9.46. The van der Waals surface area contributed by atoms with E-state index in [4.69, 9.17) is 23.2 Å². The Kier molecular flexibility index (Phi) is 6.48. The maximum atomic E-state index is 11.9. The molecule has 32 heavy (non-hydrogen) atoms. The second-order valence-corrected chi connectivity index (χ2v) is 8.45. The number of nitrogens with one attached hydrogen (secondary N) is 3. The van der Waals surface area contributed by atoms with Crippen molar-refractivity contribution in [2.24, 2.45) is 0 Å². The van der Waals surface area contributed by atoms with Crippen LogP contribution in [0.2, 0.25) is 10.0 Å². The number of carbonyl (C=O) groups excluding carboxylic acids is 1. The van der Waals surface area contributed by atoms with Crippen LogP contribution in [0.1, 0.15) is 5.56 Å². The molecule has 4 rings (SSSR count). The number of pyridine rings is 1. The second-order valence-electron chi connectivity index (χ2n) is 6.59. The van der Waals surface area contributed by atoms with E-state index in [9.17, 15) is 10.1 Å². The van der Waals surface area contributed by atoms with Crippen molar-refractivity contribution in [1.82, 2.24) is 25.5 Å². The minimum absolute atomic E-state index is 0.156. The average molecular weight is 484 g/mol. The zero-order valence-electron chi connectivity index (χ0n) is 16.6. The first kappa shape index (κ1) is 21.9. The standard InChI is InChI=1S/C21H15Cl2N7OS/c1-25-9-17(31)29-16-6-11(4-5-26-16)19-14(8-24)18(13-3-2-12(22)7-15(13)23)20(32-19)21-27-10-28-30-21/h2-7,10,25H,9H2,1H3,(H,26,29,31)(H,27,28,30). The number of likely N-dealkylation sites (N-methyl/N-ethyl adjacent to an activating group) is 1. The summed E-state index contributed by atoms with van der Waals surface area (Å²) in [6, 6.07) is 10.9. The van der Waals surface area contributed by atoms with Gasteiger partial charge in [-0.05, 0) is 36.9 Å². The van der Waals surface area contributed by atoms with Gasteiger partial charge < -0.3 is 10.6 Å². The molecule has 3 aromatic heterocycles. The molecule has 1 amide bonds. The van der Waals surface area contributed by atoms with Gasteiger partial charge in [0.05, 0.1) is 21.9 Å². The highest BCUT2D eigenvalue weighted by atomic mass is 35.5. The van der Waals surface area contributed by atoms with E-state index >= 15 is 0 Å². The highest BCUT2D eigenvalue weighted by Crippen LogP contribution is 2.48. The van der Waals surface area contributed by atoms with Gasteiger partial charge in [0.25, 0.3) is 0 Å². The molecule has 8 nitrogen and oxygen atoms in total. The molecule has 0 fully saturated rings. The molecule has 0 unspecified atom stereocenters. The van der Waals surface area contributed by atoms with Crippen LogP contribution < -0.4 is 10.6 Å². The summed E-state index contributed by atoms with van der Waals surface area (Å²) < 4.78 is 0. The van der Waals surface area contributed by atoms with E-state index in [0.29, 0.717) is 48.1 Å². The van der Waals surface area contributed by atoms with E-state index < -0.39 is 0 Å². The average Bonchev–Trinajstić information content (AvgIpc) is 3.42. The lowest BCUT2D eigenvalue weighted by Crippen LogP contribution is -2.25. The van der Waals surface area contributed by atoms with Gasteiger partial charge in [-0.2, -0.15) is 10.4 Å². The zero-order chi connectivity index (χ0) is 22.7. The predicted molar refractivity (Wildman–Crippen MR) is 126 cm³/mol. The molecule has 0 saturated heterocycles. The van der Waals surface area contributed by atoms with Gasteiger partial charge in [-0.3, -0.25) is 9.89 Å². The molecule has 0 saturated carbocycles. The first-order valence-corrected chi connectivity index (χ1v) is 10.9. The summed E-state index contributed by atoms with van der Waals surface area (Å²) >= 11 is 13.9. The monoisotopic (exact) mass is 483 g/mol. The first-order valence-electron chi connectivity index (χ1n) is 9.30. The minimum atomic E-state index is -0.222. The number of nitrogens with zero attached hydrogens (tertiary/aromatic N) is 4. The number of thiophene rings is 1. The van der Waals surface area contributed by atoms with Gasteiger partial charge in [0.1, 0.15) is 18.2 Å². The summed E-state index contributed by atoms with van der Waals surface area (Å²) in [4.78, 5) is 21.8. The number of aromatic nitrogens is 4. The maximum Gasteiger partial charge on any atom is 0.239 e. The number of carbonyl (C=O) groups is 1. The number of benzene rings is 1. The first-order chi connectivity index (χ1) is 15.5. The number of aromatic amines is 1. The van der Waals surface area contributed by atoms with Crippen molar-refractivity contribution in [3.8, 4) is 38.3 Å². The number of rotatable bonds is 6. The zero-order valence-corrected chi connectivity index (χ0v) is 18.9. The third-order valence-electron chi connectivity index (χ3n) is 4.48. The Morgan fingerprint density at radius 1 is 1.22 bits per heavy atom. The molecule has 160 valence electrons. The number of nitriles is 1. The molecule has 4 aromatic rings. The minimum Gasteiger partial charge on any atom is -0.311 e. The lowest BCUT2D eigenvalue weighted by molar-refractivity contribution is -0.115. The molecule has 3 heterocycles. The highest BCUT2D eigenvalue weighted by Gasteiger charge is 2.25. The molecular weight excluding hydrogens is 469 g/mol. The Morgan fingerprint density at radius 2 is 2.06 bits per heavy atom. The summed E-state index contributed by atoms with van der Waals surface area (Å²) in [7, 11) is 1.68. The van der Waals surface area contributed by atoms with Crippen LogP contribution in [0.15, 0.2) is 42.9 Å².